The molecule has 0 aliphatic carbocycles. The topological polar surface area (TPSA) is 55.8 Å². The van der Waals surface area contributed by atoms with E-state index in [0.717, 1.165) is 32.5 Å². The molecular weight excluding hydrogens is 266 g/mol. The minimum atomic E-state index is -0.791. The Kier molecular flexibility index (Phi) is 6.05. The van der Waals surface area contributed by atoms with Crippen LogP contribution in [-0.2, 0) is 0 Å². The van der Waals surface area contributed by atoms with Crippen molar-refractivity contribution >= 4 is 6.09 Å². The molecule has 1 saturated heterocycles. The van der Waals surface area contributed by atoms with Crippen LogP contribution in [0.3, 0.4) is 0 Å². The lowest BCUT2D eigenvalue weighted by atomic mass is 9.79. The number of carboxylic acid groups (broad SMARTS) is 1. The molecule has 0 unspecified atom stereocenters. The lowest BCUT2D eigenvalue weighted by Crippen LogP contribution is -2.63. The zero-order valence-electron chi connectivity index (χ0n) is 14.6. The van der Waals surface area contributed by atoms with Crippen molar-refractivity contribution in [2.45, 2.75) is 71.5 Å². The number of nitrogens with zero attached hydrogens (tertiary/aromatic N) is 2. The number of rotatable bonds is 6. The predicted octanol–water partition coefficient (Wildman–Crippen LogP) is 2.62. The largest absolute Gasteiger partial charge is 0.465 e. The highest BCUT2D eigenvalue weighted by Gasteiger charge is 2.41. The molecule has 21 heavy (non-hydrogen) atoms. The molecule has 1 fully saturated rings. The van der Waals surface area contributed by atoms with Crippen LogP contribution in [0.25, 0.3) is 0 Å². The van der Waals surface area contributed by atoms with E-state index in [1.165, 1.54) is 0 Å². The molecule has 0 aromatic carbocycles. The molecule has 0 saturated carbocycles. The maximum atomic E-state index is 11.7. The third-order valence-electron chi connectivity index (χ3n) is 4.41. The second-order valence-electron chi connectivity index (χ2n) is 7.46. The van der Waals surface area contributed by atoms with E-state index in [1.807, 2.05) is 0 Å². The van der Waals surface area contributed by atoms with Crippen molar-refractivity contribution in [1.82, 2.24) is 15.1 Å². The fourth-order valence-corrected chi connectivity index (χ4v) is 3.71. The maximum Gasteiger partial charge on any atom is 0.407 e. The van der Waals surface area contributed by atoms with E-state index in [2.05, 4.69) is 51.8 Å². The number of hydrogen-bond donors (Lipinski definition) is 2. The molecule has 1 amide bonds. The van der Waals surface area contributed by atoms with Gasteiger partial charge in [0.05, 0.1) is 0 Å². The zero-order valence-corrected chi connectivity index (χ0v) is 14.6. The lowest BCUT2D eigenvalue weighted by molar-refractivity contribution is 0.0578. The van der Waals surface area contributed by atoms with Gasteiger partial charge in [0.15, 0.2) is 0 Å². The highest BCUT2D eigenvalue weighted by atomic mass is 16.4. The van der Waals surface area contributed by atoms with E-state index in [1.54, 1.807) is 4.90 Å². The Morgan fingerprint density at radius 2 is 1.57 bits per heavy atom. The van der Waals surface area contributed by atoms with Crippen molar-refractivity contribution in [1.29, 1.82) is 0 Å². The van der Waals surface area contributed by atoms with Gasteiger partial charge in [0.1, 0.15) is 0 Å². The van der Waals surface area contributed by atoms with E-state index in [-0.39, 0.29) is 17.1 Å². The monoisotopic (exact) mass is 299 g/mol. The molecular formula is C16H33N3O2. The first-order valence-corrected chi connectivity index (χ1v) is 8.11. The number of likely N-dealkylation sites (N-methyl/N-ethyl adjacent to an activating group) is 1. The lowest BCUT2D eigenvalue weighted by Gasteiger charge is -2.49. The van der Waals surface area contributed by atoms with Gasteiger partial charge < -0.3 is 20.2 Å². The molecule has 124 valence electrons. The molecule has 1 heterocycles. The van der Waals surface area contributed by atoms with Gasteiger partial charge in [-0.25, -0.2) is 4.79 Å². The van der Waals surface area contributed by atoms with Crippen LogP contribution in [0.1, 0.15) is 54.4 Å². The molecule has 0 atom stereocenters. The number of hydrogen-bond acceptors (Lipinski definition) is 3. The van der Waals surface area contributed by atoms with Crippen LogP contribution < -0.4 is 5.32 Å². The van der Waals surface area contributed by atoms with Gasteiger partial charge in [-0.05, 0) is 53.6 Å². The molecule has 0 spiro atoms. The first-order chi connectivity index (χ1) is 9.60. The average molecular weight is 299 g/mol. The third-order valence-corrected chi connectivity index (χ3v) is 4.41. The Balaban J connectivity index is 2.77. The number of amides is 1. The summed E-state index contributed by atoms with van der Waals surface area (Å²) >= 11 is 0. The summed E-state index contributed by atoms with van der Waals surface area (Å²) in [5.74, 6) is 0. The summed E-state index contributed by atoms with van der Waals surface area (Å²) in [7, 11) is 0. The van der Waals surface area contributed by atoms with Crippen molar-refractivity contribution in [3.63, 3.8) is 0 Å². The molecule has 0 aromatic heterocycles. The van der Waals surface area contributed by atoms with E-state index in [9.17, 15) is 9.90 Å². The van der Waals surface area contributed by atoms with Crippen molar-refractivity contribution in [2.24, 2.45) is 0 Å². The second kappa shape index (κ2) is 6.97. The van der Waals surface area contributed by atoms with Gasteiger partial charge in [-0.15, -0.1) is 0 Å². The Bertz CT molecular complexity index is 335. The highest BCUT2D eigenvalue weighted by molar-refractivity contribution is 5.65. The van der Waals surface area contributed by atoms with Gasteiger partial charge >= 0.3 is 6.09 Å². The Labute approximate surface area is 129 Å². The molecule has 1 aliphatic heterocycles. The first-order valence-electron chi connectivity index (χ1n) is 8.11. The van der Waals surface area contributed by atoms with Crippen LogP contribution in [0.2, 0.25) is 0 Å². The molecule has 1 aliphatic rings. The van der Waals surface area contributed by atoms with Crippen LogP contribution in [0.15, 0.2) is 0 Å². The average Bonchev–Trinajstić information content (AvgIpc) is 2.30. The van der Waals surface area contributed by atoms with Crippen LogP contribution in [0.5, 0.6) is 0 Å². The number of piperidine rings is 1. The molecule has 0 aromatic rings. The fraction of sp³-hybridized carbons (Fsp3) is 0.938. The van der Waals surface area contributed by atoms with E-state index < -0.39 is 6.09 Å². The predicted molar refractivity (Wildman–Crippen MR) is 86.8 cm³/mol. The standard InChI is InChI=1S/C16H33N3O2/c1-7-18(8-2)9-10-19(14(20)21)13-11-15(3,4)17-16(5,6)12-13/h13,17H,7-12H2,1-6H3,(H,20,21). The molecule has 2 N–H and O–H groups in total. The van der Waals surface area contributed by atoms with Gasteiger partial charge in [-0.3, -0.25) is 0 Å². The maximum absolute atomic E-state index is 11.7. The van der Waals surface area contributed by atoms with Gasteiger partial charge in [0, 0.05) is 30.2 Å². The van der Waals surface area contributed by atoms with Gasteiger partial charge in [-0.2, -0.15) is 0 Å². The molecule has 0 bridgehead atoms. The first kappa shape index (κ1) is 18.2. The summed E-state index contributed by atoms with van der Waals surface area (Å²) in [6.07, 6.45) is 0.933. The summed E-state index contributed by atoms with van der Waals surface area (Å²) in [6, 6.07) is 0.0873. The number of nitrogens with one attached hydrogen (secondary N) is 1. The van der Waals surface area contributed by atoms with Crippen molar-refractivity contribution in [3.8, 4) is 0 Å². The third kappa shape index (κ3) is 5.47. The van der Waals surface area contributed by atoms with E-state index in [4.69, 9.17) is 0 Å². The zero-order chi connectivity index (χ0) is 16.3. The minimum absolute atomic E-state index is 0.0324. The van der Waals surface area contributed by atoms with Crippen LogP contribution >= 0.6 is 0 Å². The van der Waals surface area contributed by atoms with Crippen LogP contribution in [0.4, 0.5) is 4.79 Å². The van der Waals surface area contributed by atoms with Crippen LogP contribution in [0, 0.1) is 0 Å². The SMILES string of the molecule is CCN(CC)CCN(C(=O)O)C1CC(C)(C)NC(C)(C)C1. The quantitative estimate of drug-likeness (QED) is 0.791. The smallest absolute Gasteiger partial charge is 0.407 e. The number of carbonyl (C=O) groups is 1. The Hall–Kier alpha value is -0.810. The molecule has 5 heteroatoms. The van der Waals surface area contributed by atoms with Crippen molar-refractivity contribution in [2.75, 3.05) is 26.2 Å². The second-order valence-corrected chi connectivity index (χ2v) is 7.46. The van der Waals surface area contributed by atoms with Crippen molar-refractivity contribution < 1.29 is 9.90 Å². The minimum Gasteiger partial charge on any atom is -0.465 e. The molecule has 5 nitrogen and oxygen atoms in total. The summed E-state index contributed by atoms with van der Waals surface area (Å²) in [6.45, 7) is 16.2. The van der Waals surface area contributed by atoms with Crippen LogP contribution in [-0.4, -0.2) is 64.3 Å². The van der Waals surface area contributed by atoms with Crippen molar-refractivity contribution in [3.05, 3.63) is 0 Å². The van der Waals surface area contributed by atoms with Gasteiger partial charge in [0.2, 0.25) is 0 Å². The Morgan fingerprint density at radius 1 is 1.10 bits per heavy atom. The van der Waals surface area contributed by atoms with E-state index in [0.29, 0.717) is 6.54 Å². The summed E-state index contributed by atoms with van der Waals surface area (Å²) in [4.78, 5) is 15.6. The van der Waals surface area contributed by atoms with Gasteiger partial charge in [-0.1, -0.05) is 13.8 Å². The van der Waals surface area contributed by atoms with Gasteiger partial charge in [0.25, 0.3) is 0 Å². The fourth-order valence-electron chi connectivity index (χ4n) is 3.71. The Morgan fingerprint density at radius 3 is 1.95 bits per heavy atom. The highest BCUT2D eigenvalue weighted by Crippen LogP contribution is 2.31. The molecule has 0 radical (unpaired) electrons. The summed E-state index contributed by atoms with van der Waals surface area (Å²) in [5.41, 5.74) is -0.0648. The molecule has 1 rings (SSSR count). The van der Waals surface area contributed by atoms with E-state index >= 15 is 0 Å². The summed E-state index contributed by atoms with van der Waals surface area (Å²) in [5, 5.41) is 13.2. The summed E-state index contributed by atoms with van der Waals surface area (Å²) < 4.78 is 0. The normalized spacial score (nSPS) is 21.5.